The molecule has 4 heteroatoms. The fraction of sp³-hybridized carbons (Fsp3) is 0.0588. The van der Waals surface area contributed by atoms with Crippen molar-refractivity contribution in [3.05, 3.63) is 70.6 Å². The first-order valence-electron chi connectivity index (χ1n) is 6.40. The van der Waals surface area contributed by atoms with Crippen molar-refractivity contribution in [1.29, 1.82) is 0 Å². The molecule has 1 aromatic heterocycles. The van der Waals surface area contributed by atoms with Crippen LogP contribution in [0.5, 0.6) is 0 Å². The Labute approximate surface area is 120 Å². The van der Waals surface area contributed by atoms with Crippen LogP contribution in [0, 0.1) is 0 Å². The lowest BCUT2D eigenvalue weighted by atomic mass is 10.1. The smallest absolute Gasteiger partial charge is 0.344 e. The lowest BCUT2D eigenvalue weighted by molar-refractivity contribution is 0.0601. The van der Waals surface area contributed by atoms with Gasteiger partial charge in [-0.2, -0.15) is 0 Å². The molecule has 0 saturated carbocycles. The number of rotatable bonds is 2. The molecular weight excluding hydrogens is 268 g/mol. The summed E-state index contributed by atoms with van der Waals surface area (Å²) in [5.41, 5.74) is 0.775. The molecular formula is C17H12O4. The Bertz CT molecular complexity index is 863. The van der Waals surface area contributed by atoms with Crippen LogP contribution in [0.3, 0.4) is 0 Å². The van der Waals surface area contributed by atoms with Crippen molar-refractivity contribution >= 4 is 16.7 Å². The normalized spacial score (nSPS) is 10.5. The Hall–Kier alpha value is -2.88. The molecule has 0 amide bonds. The molecule has 2 aromatic carbocycles. The zero-order valence-electron chi connectivity index (χ0n) is 11.3. The minimum absolute atomic E-state index is 0.398. The van der Waals surface area contributed by atoms with E-state index in [2.05, 4.69) is 4.74 Å². The largest absolute Gasteiger partial charge is 0.465 e. The summed E-state index contributed by atoms with van der Waals surface area (Å²) < 4.78 is 10.0. The Morgan fingerprint density at radius 2 is 1.81 bits per heavy atom. The van der Waals surface area contributed by atoms with Gasteiger partial charge in [-0.1, -0.05) is 30.3 Å². The molecule has 0 spiro atoms. The van der Waals surface area contributed by atoms with Crippen molar-refractivity contribution in [1.82, 2.24) is 0 Å². The number of carbonyl (C=O) groups is 1. The van der Waals surface area contributed by atoms with Gasteiger partial charge < -0.3 is 9.15 Å². The minimum Gasteiger partial charge on any atom is -0.465 e. The van der Waals surface area contributed by atoms with E-state index < -0.39 is 11.6 Å². The highest BCUT2D eigenvalue weighted by Crippen LogP contribution is 2.22. The molecule has 3 rings (SSSR count). The van der Waals surface area contributed by atoms with Crippen LogP contribution in [0.2, 0.25) is 0 Å². The molecule has 0 aliphatic carbocycles. The third-order valence-electron chi connectivity index (χ3n) is 3.24. The summed E-state index contributed by atoms with van der Waals surface area (Å²) >= 11 is 0. The minimum atomic E-state index is -0.439. The first kappa shape index (κ1) is 13.1. The van der Waals surface area contributed by atoms with Crippen molar-refractivity contribution in [2.24, 2.45) is 0 Å². The maximum absolute atomic E-state index is 12.0. The highest BCUT2D eigenvalue weighted by Gasteiger charge is 2.10. The van der Waals surface area contributed by atoms with Gasteiger partial charge in [0.25, 0.3) is 0 Å². The van der Waals surface area contributed by atoms with Crippen LogP contribution in [0.15, 0.2) is 63.8 Å². The summed E-state index contributed by atoms with van der Waals surface area (Å²) in [6.45, 7) is 0. The van der Waals surface area contributed by atoms with Gasteiger partial charge in [0, 0.05) is 5.56 Å². The van der Waals surface area contributed by atoms with E-state index in [1.165, 1.54) is 7.11 Å². The SMILES string of the molecule is COC(=O)c1ccc2c(=O)oc(-c3ccccc3)cc2c1. The Morgan fingerprint density at radius 3 is 2.52 bits per heavy atom. The van der Waals surface area contributed by atoms with E-state index in [9.17, 15) is 9.59 Å². The van der Waals surface area contributed by atoms with Gasteiger partial charge in [-0.3, -0.25) is 0 Å². The van der Waals surface area contributed by atoms with E-state index >= 15 is 0 Å². The van der Waals surface area contributed by atoms with Crippen LogP contribution in [-0.4, -0.2) is 13.1 Å². The number of carbonyl (C=O) groups excluding carboxylic acids is 1. The van der Waals surface area contributed by atoms with E-state index in [-0.39, 0.29) is 0 Å². The van der Waals surface area contributed by atoms with Crippen LogP contribution in [-0.2, 0) is 4.74 Å². The topological polar surface area (TPSA) is 56.5 Å². The summed E-state index contributed by atoms with van der Waals surface area (Å²) in [5, 5.41) is 1.08. The Kier molecular flexibility index (Phi) is 3.28. The number of fused-ring (bicyclic) bond motifs is 1. The highest BCUT2D eigenvalue weighted by atomic mass is 16.5. The molecule has 21 heavy (non-hydrogen) atoms. The van der Waals surface area contributed by atoms with Gasteiger partial charge >= 0.3 is 11.6 Å². The van der Waals surface area contributed by atoms with E-state index in [0.29, 0.717) is 22.1 Å². The fourth-order valence-corrected chi connectivity index (χ4v) is 2.18. The van der Waals surface area contributed by atoms with Crippen molar-refractivity contribution in [3.63, 3.8) is 0 Å². The maximum atomic E-state index is 12.0. The zero-order chi connectivity index (χ0) is 14.8. The predicted molar refractivity (Wildman–Crippen MR) is 79.3 cm³/mol. The van der Waals surface area contributed by atoms with Crippen molar-refractivity contribution < 1.29 is 13.9 Å². The van der Waals surface area contributed by atoms with E-state index in [0.717, 1.165) is 5.56 Å². The lowest BCUT2D eigenvalue weighted by Crippen LogP contribution is -2.04. The maximum Gasteiger partial charge on any atom is 0.344 e. The van der Waals surface area contributed by atoms with Gasteiger partial charge in [-0.15, -0.1) is 0 Å². The monoisotopic (exact) mass is 280 g/mol. The van der Waals surface area contributed by atoms with E-state index in [4.69, 9.17) is 4.42 Å². The van der Waals surface area contributed by atoms with Gasteiger partial charge in [0.05, 0.1) is 18.1 Å². The van der Waals surface area contributed by atoms with Gasteiger partial charge in [0.1, 0.15) is 5.76 Å². The molecule has 0 unspecified atom stereocenters. The van der Waals surface area contributed by atoms with Crippen LogP contribution in [0.4, 0.5) is 0 Å². The van der Waals surface area contributed by atoms with Crippen molar-refractivity contribution in [2.45, 2.75) is 0 Å². The molecule has 0 radical (unpaired) electrons. The van der Waals surface area contributed by atoms with Crippen LogP contribution in [0.1, 0.15) is 10.4 Å². The number of hydrogen-bond donors (Lipinski definition) is 0. The Balaban J connectivity index is 2.22. The number of esters is 1. The molecule has 0 bridgehead atoms. The standard InChI is InChI=1S/C17H12O4/c1-20-16(18)12-7-8-14-13(9-12)10-15(21-17(14)19)11-5-3-2-4-6-11/h2-10H,1H3. The number of ether oxygens (including phenoxy) is 1. The third kappa shape index (κ3) is 2.43. The Morgan fingerprint density at radius 1 is 1.05 bits per heavy atom. The van der Waals surface area contributed by atoms with Gasteiger partial charge in [0.15, 0.2) is 0 Å². The number of methoxy groups -OCH3 is 1. The summed E-state index contributed by atoms with van der Waals surface area (Å²) in [6, 6.07) is 15.8. The third-order valence-corrected chi connectivity index (χ3v) is 3.24. The molecule has 104 valence electrons. The second-order valence-corrected chi connectivity index (χ2v) is 4.56. The quantitative estimate of drug-likeness (QED) is 0.676. The average Bonchev–Trinajstić information content (AvgIpc) is 2.54. The second kappa shape index (κ2) is 5.25. The lowest BCUT2D eigenvalue weighted by Gasteiger charge is -2.04. The first-order chi connectivity index (χ1) is 10.2. The zero-order valence-corrected chi connectivity index (χ0v) is 11.3. The fourth-order valence-electron chi connectivity index (χ4n) is 2.18. The first-order valence-corrected chi connectivity index (χ1v) is 6.40. The van der Waals surface area contributed by atoms with Gasteiger partial charge in [-0.05, 0) is 29.7 Å². The molecule has 4 nitrogen and oxygen atoms in total. The van der Waals surface area contributed by atoms with E-state index in [1.54, 1.807) is 24.3 Å². The summed E-state index contributed by atoms with van der Waals surface area (Å²) in [5.74, 6) is 0.0292. The van der Waals surface area contributed by atoms with Crippen LogP contribution in [0.25, 0.3) is 22.1 Å². The predicted octanol–water partition coefficient (Wildman–Crippen LogP) is 3.25. The molecule has 0 saturated heterocycles. The second-order valence-electron chi connectivity index (χ2n) is 4.56. The molecule has 0 N–H and O–H groups in total. The summed E-state index contributed by atoms with van der Waals surface area (Å²) in [6.07, 6.45) is 0. The van der Waals surface area contributed by atoms with Crippen LogP contribution < -0.4 is 5.63 Å². The molecule has 3 aromatic rings. The van der Waals surface area contributed by atoms with Gasteiger partial charge in [-0.25, -0.2) is 9.59 Å². The highest BCUT2D eigenvalue weighted by molar-refractivity contribution is 5.95. The molecule has 0 fully saturated rings. The van der Waals surface area contributed by atoms with Crippen molar-refractivity contribution in [2.75, 3.05) is 7.11 Å². The molecule has 0 atom stereocenters. The number of benzene rings is 2. The van der Waals surface area contributed by atoms with Crippen molar-refractivity contribution in [3.8, 4) is 11.3 Å². The van der Waals surface area contributed by atoms with Gasteiger partial charge in [0.2, 0.25) is 0 Å². The summed E-state index contributed by atoms with van der Waals surface area (Å²) in [4.78, 5) is 23.6. The molecule has 1 heterocycles. The molecule has 0 aliphatic rings. The van der Waals surface area contributed by atoms with Crippen LogP contribution >= 0.6 is 0 Å². The average molecular weight is 280 g/mol. The number of hydrogen-bond acceptors (Lipinski definition) is 4. The summed E-state index contributed by atoms with van der Waals surface area (Å²) in [7, 11) is 1.32. The van der Waals surface area contributed by atoms with E-state index in [1.807, 2.05) is 30.3 Å². The molecule has 0 aliphatic heterocycles.